The molecule has 3 heteroatoms. The van der Waals surface area contributed by atoms with Crippen LogP contribution in [-0.4, -0.2) is 29.1 Å². The van der Waals surface area contributed by atoms with E-state index in [1.807, 2.05) is 4.90 Å². The lowest BCUT2D eigenvalue weighted by molar-refractivity contribution is -0.132. The van der Waals surface area contributed by atoms with Gasteiger partial charge in [0.05, 0.1) is 12.2 Å². The van der Waals surface area contributed by atoms with E-state index < -0.39 is 0 Å². The smallest absolute Gasteiger partial charge is 0.241 e. The van der Waals surface area contributed by atoms with Crippen LogP contribution in [0.4, 0.5) is 0 Å². The molecular formula is C14H28N2O. The minimum absolute atomic E-state index is 0.00602. The van der Waals surface area contributed by atoms with Crippen LogP contribution in [0.15, 0.2) is 0 Å². The first-order valence-corrected chi connectivity index (χ1v) is 6.92. The molecule has 1 N–H and O–H groups in total. The van der Waals surface area contributed by atoms with Crippen molar-refractivity contribution in [3.63, 3.8) is 0 Å². The Morgan fingerprint density at radius 2 is 1.76 bits per heavy atom. The van der Waals surface area contributed by atoms with Crippen LogP contribution in [0.5, 0.6) is 0 Å². The lowest BCUT2D eigenvalue weighted by Crippen LogP contribution is -2.41. The summed E-state index contributed by atoms with van der Waals surface area (Å²) in [6.45, 7) is 12.9. The summed E-state index contributed by atoms with van der Waals surface area (Å²) in [5, 5.41) is 3.40. The first-order chi connectivity index (χ1) is 7.84. The number of carbonyl (C=O) groups is 1. The van der Waals surface area contributed by atoms with E-state index >= 15 is 0 Å². The Balaban J connectivity index is 2.61. The minimum Gasteiger partial charge on any atom is -0.323 e. The fourth-order valence-electron chi connectivity index (χ4n) is 2.55. The van der Waals surface area contributed by atoms with E-state index in [4.69, 9.17) is 0 Å². The van der Waals surface area contributed by atoms with Gasteiger partial charge in [-0.05, 0) is 38.5 Å². The number of carbonyl (C=O) groups excluding carboxylic acids is 1. The van der Waals surface area contributed by atoms with Gasteiger partial charge in [-0.3, -0.25) is 10.1 Å². The van der Waals surface area contributed by atoms with Crippen LogP contribution in [0.2, 0.25) is 0 Å². The van der Waals surface area contributed by atoms with E-state index in [0.717, 1.165) is 6.42 Å². The molecule has 100 valence electrons. The second-order valence-corrected chi connectivity index (χ2v) is 6.13. The summed E-state index contributed by atoms with van der Waals surface area (Å²) in [5.41, 5.74) is 0. The van der Waals surface area contributed by atoms with Crippen molar-refractivity contribution >= 4 is 5.91 Å². The highest BCUT2D eigenvalue weighted by molar-refractivity contribution is 5.84. The molecule has 3 atom stereocenters. The zero-order chi connectivity index (χ0) is 13.2. The number of hydrogen-bond donors (Lipinski definition) is 1. The number of nitrogens with one attached hydrogen (secondary N) is 1. The van der Waals surface area contributed by atoms with Crippen molar-refractivity contribution < 1.29 is 4.79 Å². The number of nitrogens with zero attached hydrogens (tertiary/aromatic N) is 1. The molecule has 3 nitrogen and oxygen atoms in total. The maximum absolute atomic E-state index is 12.3. The molecule has 0 aliphatic carbocycles. The summed E-state index contributed by atoms with van der Waals surface area (Å²) in [5.74, 6) is 1.36. The SMILES string of the molecule is CC(C)CCC(C)N1C(=O)C(C(C)C)NC1C. The quantitative estimate of drug-likeness (QED) is 0.801. The van der Waals surface area contributed by atoms with Crippen LogP contribution in [0, 0.1) is 11.8 Å². The molecule has 17 heavy (non-hydrogen) atoms. The summed E-state index contributed by atoms with van der Waals surface area (Å²) in [4.78, 5) is 14.3. The molecule has 1 saturated heterocycles. The molecule has 1 amide bonds. The van der Waals surface area contributed by atoms with Crippen molar-refractivity contribution in [3.05, 3.63) is 0 Å². The standard InChI is InChI=1S/C14H28N2O/c1-9(2)7-8-11(5)16-12(6)15-13(10(3)4)14(16)17/h9-13,15H,7-8H2,1-6H3. The zero-order valence-corrected chi connectivity index (χ0v) is 12.2. The van der Waals surface area contributed by atoms with Gasteiger partial charge < -0.3 is 4.90 Å². The molecule has 1 fully saturated rings. The number of rotatable bonds is 5. The molecule has 1 aliphatic rings. The lowest BCUT2D eigenvalue weighted by Gasteiger charge is -2.29. The van der Waals surface area contributed by atoms with E-state index in [9.17, 15) is 4.79 Å². The van der Waals surface area contributed by atoms with Crippen molar-refractivity contribution in [1.82, 2.24) is 10.2 Å². The highest BCUT2D eigenvalue weighted by Crippen LogP contribution is 2.22. The van der Waals surface area contributed by atoms with Gasteiger partial charge in [0.15, 0.2) is 0 Å². The predicted octanol–water partition coefficient (Wildman–Crippen LogP) is 2.61. The Morgan fingerprint density at radius 1 is 1.18 bits per heavy atom. The largest absolute Gasteiger partial charge is 0.323 e. The number of hydrogen-bond acceptors (Lipinski definition) is 2. The Morgan fingerprint density at radius 3 is 2.18 bits per heavy atom. The van der Waals surface area contributed by atoms with Crippen molar-refractivity contribution in [2.75, 3.05) is 0 Å². The molecule has 0 saturated carbocycles. The van der Waals surface area contributed by atoms with Crippen LogP contribution < -0.4 is 5.32 Å². The Labute approximate surface area is 106 Å². The second kappa shape index (κ2) is 5.85. The number of amides is 1. The second-order valence-electron chi connectivity index (χ2n) is 6.13. The maximum Gasteiger partial charge on any atom is 0.241 e. The predicted molar refractivity (Wildman–Crippen MR) is 71.6 cm³/mol. The summed E-state index contributed by atoms with van der Waals surface area (Å²) in [7, 11) is 0. The normalized spacial score (nSPS) is 27.3. The van der Waals surface area contributed by atoms with Crippen LogP contribution in [-0.2, 0) is 4.79 Å². The molecule has 0 bridgehead atoms. The van der Waals surface area contributed by atoms with Crippen molar-refractivity contribution in [1.29, 1.82) is 0 Å². The summed E-state index contributed by atoms with van der Waals surface area (Å²) >= 11 is 0. The average molecular weight is 240 g/mol. The van der Waals surface area contributed by atoms with Crippen molar-refractivity contribution in [2.45, 2.75) is 72.6 Å². The highest BCUT2D eigenvalue weighted by atomic mass is 16.2. The van der Waals surface area contributed by atoms with Crippen LogP contribution in [0.3, 0.4) is 0 Å². The van der Waals surface area contributed by atoms with Gasteiger partial charge in [0, 0.05) is 6.04 Å². The average Bonchev–Trinajstić information content (AvgIpc) is 2.51. The third-order valence-electron chi connectivity index (χ3n) is 3.66. The van der Waals surface area contributed by atoms with E-state index in [2.05, 4.69) is 46.9 Å². The van der Waals surface area contributed by atoms with Gasteiger partial charge in [0.1, 0.15) is 0 Å². The van der Waals surface area contributed by atoms with E-state index in [1.54, 1.807) is 0 Å². The molecule has 3 unspecified atom stereocenters. The fraction of sp³-hybridized carbons (Fsp3) is 0.929. The van der Waals surface area contributed by atoms with Gasteiger partial charge in [-0.25, -0.2) is 0 Å². The summed E-state index contributed by atoms with van der Waals surface area (Å²) in [6.07, 6.45) is 2.46. The van der Waals surface area contributed by atoms with E-state index in [-0.39, 0.29) is 18.1 Å². The Bertz CT molecular complexity index is 263. The fourth-order valence-corrected chi connectivity index (χ4v) is 2.55. The van der Waals surface area contributed by atoms with Gasteiger partial charge in [-0.2, -0.15) is 0 Å². The van der Waals surface area contributed by atoms with Gasteiger partial charge in [0.25, 0.3) is 0 Å². The molecule has 1 rings (SSSR count). The topological polar surface area (TPSA) is 32.3 Å². The van der Waals surface area contributed by atoms with Crippen LogP contribution in [0.1, 0.15) is 54.4 Å². The van der Waals surface area contributed by atoms with Gasteiger partial charge in [-0.1, -0.05) is 27.7 Å². The van der Waals surface area contributed by atoms with Gasteiger partial charge >= 0.3 is 0 Å². The molecule has 1 aliphatic heterocycles. The Hall–Kier alpha value is -0.570. The molecule has 0 radical (unpaired) electrons. The molecule has 0 spiro atoms. The van der Waals surface area contributed by atoms with E-state index in [1.165, 1.54) is 6.42 Å². The van der Waals surface area contributed by atoms with Crippen molar-refractivity contribution in [2.24, 2.45) is 11.8 Å². The molecule has 0 aromatic carbocycles. The minimum atomic E-state index is 0.00602. The summed E-state index contributed by atoms with van der Waals surface area (Å²) < 4.78 is 0. The lowest BCUT2D eigenvalue weighted by atomic mass is 10.0. The monoisotopic (exact) mass is 240 g/mol. The van der Waals surface area contributed by atoms with Gasteiger partial charge in [-0.15, -0.1) is 0 Å². The molecule has 0 aromatic heterocycles. The third-order valence-corrected chi connectivity index (χ3v) is 3.66. The van der Waals surface area contributed by atoms with Crippen molar-refractivity contribution in [3.8, 4) is 0 Å². The highest BCUT2D eigenvalue weighted by Gasteiger charge is 2.39. The molecular weight excluding hydrogens is 212 g/mol. The van der Waals surface area contributed by atoms with Crippen LogP contribution in [0.25, 0.3) is 0 Å². The Kier molecular flexibility index (Phi) is 4.99. The van der Waals surface area contributed by atoms with Gasteiger partial charge in [0.2, 0.25) is 5.91 Å². The molecule has 0 aromatic rings. The third kappa shape index (κ3) is 3.44. The summed E-state index contributed by atoms with van der Waals surface area (Å²) in [6, 6.07) is 0.350. The molecule has 1 heterocycles. The first-order valence-electron chi connectivity index (χ1n) is 6.92. The maximum atomic E-state index is 12.3. The van der Waals surface area contributed by atoms with E-state index in [0.29, 0.717) is 17.9 Å². The zero-order valence-electron chi connectivity index (χ0n) is 12.2. The van der Waals surface area contributed by atoms with Crippen LogP contribution >= 0.6 is 0 Å². The first kappa shape index (κ1) is 14.5.